The molecule has 1 aliphatic rings. The number of carbonyl (C=O) groups excluding carboxylic acids is 1. The zero-order valence-corrected chi connectivity index (χ0v) is 10.7. The van der Waals surface area contributed by atoms with E-state index in [2.05, 4.69) is 31.3 Å². The lowest BCUT2D eigenvalue weighted by Crippen LogP contribution is -2.63. The Hall–Kier alpha value is -1.35. The van der Waals surface area contributed by atoms with Gasteiger partial charge in [-0.15, -0.1) is 0 Å². The molecule has 0 aliphatic carbocycles. The first-order chi connectivity index (χ1) is 8.00. The molecule has 1 aliphatic heterocycles. The fourth-order valence-electron chi connectivity index (χ4n) is 2.18. The van der Waals surface area contributed by atoms with Crippen molar-refractivity contribution in [3.05, 3.63) is 35.9 Å². The monoisotopic (exact) mass is 232 g/mol. The molecule has 1 unspecified atom stereocenters. The molecule has 1 aromatic rings. The number of amides is 1. The highest BCUT2D eigenvalue weighted by molar-refractivity contribution is 5.83. The van der Waals surface area contributed by atoms with Gasteiger partial charge in [0.1, 0.15) is 0 Å². The summed E-state index contributed by atoms with van der Waals surface area (Å²) in [6.45, 7) is 7.67. The highest BCUT2D eigenvalue weighted by Crippen LogP contribution is 2.22. The van der Waals surface area contributed by atoms with Gasteiger partial charge in [0.15, 0.2) is 0 Å². The largest absolute Gasteiger partial charge is 0.331 e. The van der Waals surface area contributed by atoms with E-state index >= 15 is 0 Å². The van der Waals surface area contributed by atoms with Crippen LogP contribution in [0.15, 0.2) is 30.3 Å². The van der Waals surface area contributed by atoms with Crippen LogP contribution >= 0.6 is 0 Å². The molecule has 1 heterocycles. The molecule has 2 rings (SSSR count). The van der Waals surface area contributed by atoms with Crippen molar-refractivity contribution >= 4 is 5.91 Å². The molecule has 0 spiro atoms. The first-order valence-electron chi connectivity index (χ1n) is 6.09. The van der Waals surface area contributed by atoms with E-state index in [0.29, 0.717) is 6.54 Å². The summed E-state index contributed by atoms with van der Waals surface area (Å²) in [5.41, 5.74) is 1.06. The SMILES string of the molecule is CC1NCC(C)(C)N(Cc2ccccc2)C1=O. The second kappa shape index (κ2) is 4.49. The molecule has 0 aromatic heterocycles. The normalized spacial score (nSPS) is 23.8. The Kier molecular flexibility index (Phi) is 3.20. The molecule has 3 nitrogen and oxygen atoms in total. The maximum Gasteiger partial charge on any atom is 0.240 e. The molecule has 1 N–H and O–H groups in total. The van der Waals surface area contributed by atoms with Gasteiger partial charge >= 0.3 is 0 Å². The van der Waals surface area contributed by atoms with Gasteiger partial charge in [-0.3, -0.25) is 4.79 Å². The van der Waals surface area contributed by atoms with Gasteiger partial charge in [0.05, 0.1) is 11.6 Å². The van der Waals surface area contributed by atoms with E-state index in [1.807, 2.05) is 30.0 Å². The van der Waals surface area contributed by atoms with Gasteiger partial charge in [0, 0.05) is 13.1 Å². The van der Waals surface area contributed by atoms with Crippen LogP contribution in [0.25, 0.3) is 0 Å². The fraction of sp³-hybridized carbons (Fsp3) is 0.500. The van der Waals surface area contributed by atoms with Crippen LogP contribution < -0.4 is 5.32 Å². The summed E-state index contributed by atoms with van der Waals surface area (Å²) in [4.78, 5) is 14.2. The van der Waals surface area contributed by atoms with Crippen molar-refractivity contribution in [1.82, 2.24) is 10.2 Å². The molecule has 1 fully saturated rings. The van der Waals surface area contributed by atoms with Crippen molar-refractivity contribution in [2.24, 2.45) is 0 Å². The molecule has 1 saturated heterocycles. The molecule has 0 saturated carbocycles. The number of nitrogens with one attached hydrogen (secondary N) is 1. The average Bonchev–Trinajstić information content (AvgIpc) is 2.32. The number of carbonyl (C=O) groups is 1. The molecular weight excluding hydrogens is 212 g/mol. The Bertz CT molecular complexity index is 400. The summed E-state index contributed by atoms with van der Waals surface area (Å²) in [6, 6.07) is 10.1. The van der Waals surface area contributed by atoms with E-state index in [1.165, 1.54) is 5.56 Å². The van der Waals surface area contributed by atoms with Crippen LogP contribution in [0.2, 0.25) is 0 Å². The molecule has 17 heavy (non-hydrogen) atoms. The molecule has 1 atom stereocenters. The lowest BCUT2D eigenvalue weighted by molar-refractivity contribution is -0.143. The Morgan fingerprint density at radius 1 is 1.35 bits per heavy atom. The van der Waals surface area contributed by atoms with Crippen molar-refractivity contribution < 1.29 is 4.79 Å². The van der Waals surface area contributed by atoms with Crippen LogP contribution in [-0.4, -0.2) is 28.9 Å². The van der Waals surface area contributed by atoms with E-state index in [1.54, 1.807) is 0 Å². The predicted molar refractivity (Wildman–Crippen MR) is 68.5 cm³/mol. The summed E-state index contributed by atoms with van der Waals surface area (Å²) in [5.74, 6) is 0.185. The molecule has 0 bridgehead atoms. The van der Waals surface area contributed by atoms with E-state index in [9.17, 15) is 4.79 Å². The van der Waals surface area contributed by atoms with Crippen LogP contribution in [0.3, 0.4) is 0 Å². The third-order valence-electron chi connectivity index (χ3n) is 3.39. The third-order valence-corrected chi connectivity index (χ3v) is 3.39. The molecule has 0 radical (unpaired) electrons. The topological polar surface area (TPSA) is 32.3 Å². The van der Waals surface area contributed by atoms with Crippen LogP contribution in [0.5, 0.6) is 0 Å². The van der Waals surface area contributed by atoms with Gasteiger partial charge in [0.25, 0.3) is 0 Å². The highest BCUT2D eigenvalue weighted by atomic mass is 16.2. The summed E-state index contributed by atoms with van der Waals surface area (Å²) >= 11 is 0. The number of rotatable bonds is 2. The average molecular weight is 232 g/mol. The number of benzene rings is 1. The summed E-state index contributed by atoms with van der Waals surface area (Å²) < 4.78 is 0. The fourth-order valence-corrected chi connectivity index (χ4v) is 2.18. The van der Waals surface area contributed by atoms with Crippen molar-refractivity contribution in [2.75, 3.05) is 6.54 Å². The molecular formula is C14H20N2O. The van der Waals surface area contributed by atoms with Gasteiger partial charge < -0.3 is 10.2 Å². The van der Waals surface area contributed by atoms with Gasteiger partial charge in [-0.05, 0) is 26.3 Å². The van der Waals surface area contributed by atoms with Crippen molar-refractivity contribution in [2.45, 2.75) is 38.9 Å². The Morgan fingerprint density at radius 3 is 2.65 bits per heavy atom. The van der Waals surface area contributed by atoms with Crippen molar-refractivity contribution in [3.63, 3.8) is 0 Å². The second-order valence-corrected chi connectivity index (χ2v) is 5.33. The zero-order valence-electron chi connectivity index (χ0n) is 10.7. The van der Waals surface area contributed by atoms with Crippen LogP contribution in [0, 0.1) is 0 Å². The van der Waals surface area contributed by atoms with Crippen molar-refractivity contribution in [1.29, 1.82) is 0 Å². The third kappa shape index (κ3) is 2.50. The maximum absolute atomic E-state index is 12.2. The van der Waals surface area contributed by atoms with E-state index in [0.717, 1.165) is 6.54 Å². The van der Waals surface area contributed by atoms with Crippen LogP contribution in [0.1, 0.15) is 26.3 Å². The predicted octanol–water partition coefficient (Wildman–Crippen LogP) is 1.79. The number of piperazine rings is 1. The van der Waals surface area contributed by atoms with Gasteiger partial charge in [-0.2, -0.15) is 0 Å². The minimum Gasteiger partial charge on any atom is -0.331 e. The second-order valence-electron chi connectivity index (χ2n) is 5.33. The van der Waals surface area contributed by atoms with E-state index in [-0.39, 0.29) is 17.5 Å². The Balaban J connectivity index is 2.19. The highest BCUT2D eigenvalue weighted by Gasteiger charge is 2.37. The number of hydrogen-bond acceptors (Lipinski definition) is 2. The van der Waals surface area contributed by atoms with Crippen LogP contribution in [-0.2, 0) is 11.3 Å². The van der Waals surface area contributed by atoms with Gasteiger partial charge in [-0.1, -0.05) is 30.3 Å². The van der Waals surface area contributed by atoms with E-state index < -0.39 is 0 Å². The number of nitrogens with zero attached hydrogens (tertiary/aromatic N) is 1. The van der Waals surface area contributed by atoms with Gasteiger partial charge in [0.2, 0.25) is 5.91 Å². The van der Waals surface area contributed by atoms with Gasteiger partial charge in [-0.25, -0.2) is 0 Å². The molecule has 3 heteroatoms. The minimum atomic E-state index is -0.126. The van der Waals surface area contributed by atoms with E-state index in [4.69, 9.17) is 0 Å². The smallest absolute Gasteiger partial charge is 0.240 e. The maximum atomic E-state index is 12.2. The lowest BCUT2D eigenvalue weighted by atomic mass is 9.96. The quantitative estimate of drug-likeness (QED) is 0.843. The lowest BCUT2D eigenvalue weighted by Gasteiger charge is -2.45. The minimum absolute atomic E-state index is 0.0771. The Labute approximate surface area is 103 Å². The van der Waals surface area contributed by atoms with Crippen molar-refractivity contribution in [3.8, 4) is 0 Å². The zero-order chi connectivity index (χ0) is 12.5. The molecule has 92 valence electrons. The molecule has 1 aromatic carbocycles. The van der Waals surface area contributed by atoms with Crippen LogP contribution in [0.4, 0.5) is 0 Å². The Morgan fingerprint density at radius 2 is 2.00 bits per heavy atom. The summed E-state index contributed by atoms with van der Waals surface area (Å²) in [5, 5.41) is 3.25. The first-order valence-corrected chi connectivity index (χ1v) is 6.09. The first kappa shape index (κ1) is 12.1. The number of hydrogen-bond donors (Lipinski definition) is 1. The summed E-state index contributed by atoms with van der Waals surface area (Å²) in [7, 11) is 0. The summed E-state index contributed by atoms with van der Waals surface area (Å²) in [6.07, 6.45) is 0. The standard InChI is InChI=1S/C14H20N2O/c1-11-13(17)16(14(2,3)10-15-11)9-12-7-5-4-6-8-12/h4-8,11,15H,9-10H2,1-3H3. The molecule has 1 amide bonds.